The number of hydrogen-bond acceptors (Lipinski definition) is 5. The number of hydrogen-bond donors (Lipinski definition) is 0. The number of aryl methyl sites for hydroxylation is 1. The fourth-order valence-electron chi connectivity index (χ4n) is 3.83. The van der Waals surface area contributed by atoms with Gasteiger partial charge in [-0.15, -0.1) is 0 Å². The maximum absolute atomic E-state index is 6.01. The Morgan fingerprint density at radius 2 is 1.69 bits per heavy atom. The molecule has 3 heterocycles. The van der Waals surface area contributed by atoms with Crippen molar-refractivity contribution in [3.05, 3.63) is 91.0 Å². The van der Waals surface area contributed by atoms with Crippen molar-refractivity contribution in [2.75, 3.05) is 7.11 Å². The van der Waals surface area contributed by atoms with Crippen LogP contribution in [0, 0.1) is 0 Å². The van der Waals surface area contributed by atoms with E-state index in [2.05, 4.69) is 10.1 Å². The molecule has 6 nitrogen and oxygen atoms in total. The molecule has 0 N–H and O–H groups in total. The van der Waals surface area contributed by atoms with E-state index in [1.165, 1.54) is 0 Å². The molecule has 2 aromatic carbocycles. The fourth-order valence-corrected chi connectivity index (χ4v) is 3.83. The molecule has 6 heteroatoms. The Morgan fingerprint density at radius 3 is 2.47 bits per heavy atom. The predicted molar refractivity (Wildman–Crippen MR) is 125 cm³/mol. The zero-order valence-electron chi connectivity index (χ0n) is 17.9. The molecule has 0 aliphatic heterocycles. The van der Waals surface area contributed by atoms with Gasteiger partial charge in [0.1, 0.15) is 18.1 Å². The molecule has 158 valence electrons. The SMILES string of the molecule is Cn1ncc(-c2ccncc2)c1-c1ccc(OCc2cc(O[11CH3])c3ccccc3n2)cc1. The van der Waals surface area contributed by atoms with Crippen LogP contribution >= 0.6 is 0 Å². The highest BCUT2D eigenvalue weighted by atomic mass is 16.5. The number of ether oxygens (including phenoxy) is 2. The predicted octanol–water partition coefficient (Wildman–Crippen LogP) is 5.28. The Balaban J connectivity index is 1.37. The molecule has 0 aliphatic carbocycles. The summed E-state index contributed by atoms with van der Waals surface area (Å²) in [5, 5.41) is 5.44. The molecule has 0 atom stereocenters. The summed E-state index contributed by atoms with van der Waals surface area (Å²) in [6.45, 7) is 0.356. The number of nitrogens with zero attached hydrogens (tertiary/aromatic N) is 4. The number of pyridine rings is 2. The summed E-state index contributed by atoms with van der Waals surface area (Å²) < 4.78 is 13.4. The maximum Gasteiger partial charge on any atom is 0.130 e. The van der Waals surface area contributed by atoms with Crippen LogP contribution < -0.4 is 9.47 Å². The van der Waals surface area contributed by atoms with E-state index in [1.807, 2.05) is 84.7 Å². The minimum Gasteiger partial charge on any atom is -0.496 e. The molecule has 0 saturated carbocycles. The van der Waals surface area contributed by atoms with Gasteiger partial charge in [0.25, 0.3) is 0 Å². The van der Waals surface area contributed by atoms with E-state index in [0.717, 1.165) is 50.5 Å². The van der Waals surface area contributed by atoms with Crippen molar-refractivity contribution in [3.8, 4) is 33.9 Å². The number of aromatic nitrogens is 4. The Kier molecular flexibility index (Phi) is 5.25. The number of benzene rings is 2. The number of para-hydroxylation sites is 1. The van der Waals surface area contributed by atoms with E-state index in [1.54, 1.807) is 19.5 Å². The van der Waals surface area contributed by atoms with Crippen LogP contribution in [0.5, 0.6) is 11.5 Å². The topological polar surface area (TPSA) is 62.1 Å². The smallest absolute Gasteiger partial charge is 0.130 e. The van der Waals surface area contributed by atoms with Crippen LogP contribution in [0.25, 0.3) is 33.3 Å². The first-order chi connectivity index (χ1) is 15.7. The average Bonchev–Trinajstić information content (AvgIpc) is 3.24. The lowest BCUT2D eigenvalue weighted by Crippen LogP contribution is -2.00. The molecule has 0 saturated heterocycles. The van der Waals surface area contributed by atoms with Gasteiger partial charge in [0.05, 0.1) is 30.2 Å². The second kappa shape index (κ2) is 8.51. The summed E-state index contributed by atoms with van der Waals surface area (Å²) in [6.07, 6.45) is 5.46. The van der Waals surface area contributed by atoms with Crippen LogP contribution in [0.3, 0.4) is 0 Å². The lowest BCUT2D eigenvalue weighted by molar-refractivity contribution is 0.301. The van der Waals surface area contributed by atoms with Gasteiger partial charge in [-0.25, -0.2) is 4.98 Å². The van der Waals surface area contributed by atoms with Crippen LogP contribution in [0.4, 0.5) is 0 Å². The van der Waals surface area contributed by atoms with Gasteiger partial charge in [0, 0.05) is 42.0 Å². The zero-order chi connectivity index (χ0) is 21.9. The summed E-state index contributed by atoms with van der Waals surface area (Å²) in [5.41, 5.74) is 5.96. The van der Waals surface area contributed by atoms with Crippen molar-refractivity contribution in [3.63, 3.8) is 0 Å². The molecule has 0 unspecified atom stereocenters. The lowest BCUT2D eigenvalue weighted by atomic mass is 10.0. The third-order valence-electron chi connectivity index (χ3n) is 5.40. The Bertz CT molecular complexity index is 1360. The summed E-state index contributed by atoms with van der Waals surface area (Å²) in [7, 11) is 3.62. The average molecular weight is 421 g/mol. The highest BCUT2D eigenvalue weighted by molar-refractivity contribution is 5.85. The molecule has 0 aliphatic rings. The van der Waals surface area contributed by atoms with Crippen molar-refractivity contribution in [2.45, 2.75) is 6.61 Å². The van der Waals surface area contributed by atoms with E-state index in [9.17, 15) is 0 Å². The van der Waals surface area contributed by atoms with Crippen LogP contribution in [0.1, 0.15) is 5.69 Å². The molecule has 32 heavy (non-hydrogen) atoms. The standard InChI is InChI=1S/C26H22N4O2/c1-30-26(23(16-28-30)18-11-13-27-14-12-18)19-7-9-21(10-8-19)32-17-20-15-25(31-2)22-5-3-4-6-24(22)29-20/h3-16H,17H2,1-2H3/i2-1. The molecule has 0 spiro atoms. The minimum atomic E-state index is 0.356. The molecule has 0 radical (unpaired) electrons. The van der Waals surface area contributed by atoms with Crippen LogP contribution in [-0.2, 0) is 13.7 Å². The quantitative estimate of drug-likeness (QED) is 0.373. The molecular formula is C26H22N4O2. The van der Waals surface area contributed by atoms with Gasteiger partial charge in [0.15, 0.2) is 0 Å². The Morgan fingerprint density at radius 1 is 0.906 bits per heavy atom. The van der Waals surface area contributed by atoms with Gasteiger partial charge >= 0.3 is 0 Å². The highest BCUT2D eigenvalue weighted by Crippen LogP contribution is 2.32. The Labute approximate surface area is 186 Å². The summed E-state index contributed by atoms with van der Waals surface area (Å²) in [6, 6.07) is 21.9. The van der Waals surface area contributed by atoms with E-state index in [4.69, 9.17) is 14.5 Å². The zero-order valence-corrected chi connectivity index (χ0v) is 17.9. The summed E-state index contributed by atoms with van der Waals surface area (Å²) in [5.74, 6) is 1.57. The molecule has 5 rings (SSSR count). The number of fused-ring (bicyclic) bond motifs is 1. The van der Waals surface area contributed by atoms with Crippen LogP contribution in [0.2, 0.25) is 0 Å². The van der Waals surface area contributed by atoms with Crippen molar-refractivity contribution in [1.29, 1.82) is 0 Å². The van der Waals surface area contributed by atoms with E-state index in [0.29, 0.717) is 6.61 Å². The first kappa shape index (κ1) is 19.8. The number of methoxy groups -OCH3 is 1. The van der Waals surface area contributed by atoms with Gasteiger partial charge in [-0.05, 0) is 54.1 Å². The van der Waals surface area contributed by atoms with Crippen molar-refractivity contribution in [2.24, 2.45) is 7.05 Å². The van der Waals surface area contributed by atoms with E-state index in [-0.39, 0.29) is 0 Å². The highest BCUT2D eigenvalue weighted by Gasteiger charge is 2.13. The van der Waals surface area contributed by atoms with Crippen molar-refractivity contribution < 1.29 is 9.47 Å². The lowest BCUT2D eigenvalue weighted by Gasteiger charge is -2.11. The van der Waals surface area contributed by atoms with Crippen LogP contribution in [0.15, 0.2) is 85.3 Å². The summed E-state index contributed by atoms with van der Waals surface area (Å²) in [4.78, 5) is 8.80. The van der Waals surface area contributed by atoms with Crippen LogP contribution in [-0.4, -0.2) is 26.9 Å². The molecular weight excluding hydrogens is 399 g/mol. The monoisotopic (exact) mass is 421 g/mol. The molecule has 5 aromatic rings. The van der Waals surface area contributed by atoms with Crippen molar-refractivity contribution in [1.82, 2.24) is 19.7 Å². The second-order valence-electron chi connectivity index (χ2n) is 7.41. The van der Waals surface area contributed by atoms with E-state index < -0.39 is 0 Å². The number of rotatable bonds is 6. The third-order valence-corrected chi connectivity index (χ3v) is 5.40. The maximum atomic E-state index is 6.01. The van der Waals surface area contributed by atoms with Crippen molar-refractivity contribution >= 4 is 10.9 Å². The molecule has 0 fully saturated rings. The van der Waals surface area contributed by atoms with Gasteiger partial charge < -0.3 is 9.47 Å². The molecule has 3 aromatic heterocycles. The van der Waals surface area contributed by atoms with Gasteiger partial charge in [-0.1, -0.05) is 12.1 Å². The largest absolute Gasteiger partial charge is 0.496 e. The van der Waals surface area contributed by atoms with E-state index >= 15 is 0 Å². The first-order valence-electron chi connectivity index (χ1n) is 10.3. The fraction of sp³-hybridized carbons (Fsp3) is 0.115. The second-order valence-corrected chi connectivity index (χ2v) is 7.41. The van der Waals surface area contributed by atoms with Gasteiger partial charge in [-0.2, -0.15) is 5.10 Å². The normalized spacial score (nSPS) is 10.9. The Hall–Kier alpha value is -4.19. The first-order valence-corrected chi connectivity index (χ1v) is 10.3. The van der Waals surface area contributed by atoms with Gasteiger partial charge in [-0.3, -0.25) is 9.67 Å². The minimum absolute atomic E-state index is 0.356. The van der Waals surface area contributed by atoms with Gasteiger partial charge in [0.2, 0.25) is 0 Å². The molecule has 0 bridgehead atoms. The molecule has 0 amide bonds. The summed E-state index contributed by atoms with van der Waals surface area (Å²) >= 11 is 0. The third kappa shape index (κ3) is 3.78.